The average Bonchev–Trinajstić information content (AvgIpc) is 2.67. The molecule has 2 amide bonds. The standard InChI is InChI=1S/C20H23ClN4O2/c21-17-5-3-15(4-6-17)7-9-23-19(26)12-18-20(27)24-10-11-25(18)14-16-2-1-8-22-13-16/h1-6,8,13,18H,7,9-12,14H2,(H,23,26)(H,24,27). The van der Waals surface area contributed by atoms with Crippen LogP contribution >= 0.6 is 11.6 Å². The lowest BCUT2D eigenvalue weighted by Crippen LogP contribution is -2.56. The van der Waals surface area contributed by atoms with E-state index in [2.05, 4.69) is 15.6 Å². The first-order valence-corrected chi connectivity index (χ1v) is 9.41. The summed E-state index contributed by atoms with van der Waals surface area (Å²) in [7, 11) is 0. The Labute approximate surface area is 163 Å². The summed E-state index contributed by atoms with van der Waals surface area (Å²) in [5.74, 6) is -0.222. The third-order valence-corrected chi connectivity index (χ3v) is 4.83. The number of halogens is 1. The van der Waals surface area contributed by atoms with Crippen LogP contribution in [0.4, 0.5) is 0 Å². The predicted octanol–water partition coefficient (Wildman–Crippen LogP) is 1.78. The number of nitrogens with zero attached hydrogens (tertiary/aromatic N) is 2. The van der Waals surface area contributed by atoms with Gasteiger partial charge in [0.05, 0.1) is 12.5 Å². The van der Waals surface area contributed by atoms with E-state index in [1.807, 2.05) is 41.3 Å². The third kappa shape index (κ3) is 5.77. The van der Waals surface area contributed by atoms with E-state index >= 15 is 0 Å². The van der Waals surface area contributed by atoms with E-state index in [1.54, 1.807) is 12.4 Å². The molecule has 2 aromatic rings. The second-order valence-electron chi connectivity index (χ2n) is 6.57. The van der Waals surface area contributed by atoms with Gasteiger partial charge in [0.15, 0.2) is 0 Å². The molecule has 1 atom stereocenters. The van der Waals surface area contributed by atoms with E-state index in [1.165, 1.54) is 0 Å². The highest BCUT2D eigenvalue weighted by Crippen LogP contribution is 2.13. The summed E-state index contributed by atoms with van der Waals surface area (Å²) in [6.07, 6.45) is 4.37. The van der Waals surface area contributed by atoms with Crippen LogP contribution < -0.4 is 10.6 Å². The van der Waals surface area contributed by atoms with Crippen LogP contribution in [-0.4, -0.2) is 47.4 Å². The molecule has 2 heterocycles. The number of aromatic nitrogens is 1. The molecular weight excluding hydrogens is 364 g/mol. The minimum Gasteiger partial charge on any atom is -0.356 e. The number of nitrogens with one attached hydrogen (secondary N) is 2. The zero-order chi connectivity index (χ0) is 19.1. The molecule has 1 saturated heterocycles. The van der Waals surface area contributed by atoms with Crippen molar-refractivity contribution in [3.8, 4) is 0 Å². The van der Waals surface area contributed by atoms with Crippen LogP contribution in [0.1, 0.15) is 17.5 Å². The molecule has 6 nitrogen and oxygen atoms in total. The molecule has 1 fully saturated rings. The number of pyridine rings is 1. The lowest BCUT2D eigenvalue weighted by Gasteiger charge is -2.34. The van der Waals surface area contributed by atoms with Crippen molar-refractivity contribution in [2.45, 2.75) is 25.4 Å². The van der Waals surface area contributed by atoms with Gasteiger partial charge in [-0.1, -0.05) is 29.8 Å². The topological polar surface area (TPSA) is 74.3 Å². The van der Waals surface area contributed by atoms with Gasteiger partial charge in [0.1, 0.15) is 0 Å². The Morgan fingerprint density at radius 2 is 2.07 bits per heavy atom. The maximum Gasteiger partial charge on any atom is 0.237 e. The Morgan fingerprint density at radius 3 is 2.81 bits per heavy atom. The highest BCUT2D eigenvalue weighted by atomic mass is 35.5. The zero-order valence-electron chi connectivity index (χ0n) is 15.0. The molecule has 0 saturated carbocycles. The van der Waals surface area contributed by atoms with Crippen LogP contribution in [0.3, 0.4) is 0 Å². The van der Waals surface area contributed by atoms with E-state index in [-0.39, 0.29) is 18.2 Å². The van der Waals surface area contributed by atoms with E-state index in [4.69, 9.17) is 11.6 Å². The molecule has 2 N–H and O–H groups in total. The van der Waals surface area contributed by atoms with Crippen LogP contribution in [0.5, 0.6) is 0 Å². The van der Waals surface area contributed by atoms with Crippen molar-refractivity contribution in [2.24, 2.45) is 0 Å². The molecule has 1 unspecified atom stereocenters. The van der Waals surface area contributed by atoms with E-state index in [0.717, 1.165) is 17.5 Å². The summed E-state index contributed by atoms with van der Waals surface area (Å²) >= 11 is 5.87. The fourth-order valence-electron chi connectivity index (χ4n) is 3.14. The number of carbonyl (C=O) groups excluding carboxylic acids is 2. The molecule has 1 aliphatic heterocycles. The second-order valence-corrected chi connectivity index (χ2v) is 7.01. The number of piperazine rings is 1. The zero-order valence-corrected chi connectivity index (χ0v) is 15.8. The Hall–Kier alpha value is -2.44. The van der Waals surface area contributed by atoms with Gasteiger partial charge in [-0.25, -0.2) is 0 Å². The normalized spacial score (nSPS) is 17.4. The number of amides is 2. The third-order valence-electron chi connectivity index (χ3n) is 4.58. The first-order valence-electron chi connectivity index (χ1n) is 9.03. The SMILES string of the molecule is O=C(CC1C(=O)NCCN1Cc1cccnc1)NCCc1ccc(Cl)cc1. The molecule has 3 rings (SSSR count). The van der Waals surface area contributed by atoms with Gasteiger partial charge in [0.25, 0.3) is 0 Å². The van der Waals surface area contributed by atoms with Gasteiger partial charge in [-0.3, -0.25) is 19.5 Å². The van der Waals surface area contributed by atoms with Crippen molar-refractivity contribution in [3.63, 3.8) is 0 Å². The van der Waals surface area contributed by atoms with Gasteiger partial charge in [-0.05, 0) is 35.7 Å². The number of hydrogen-bond donors (Lipinski definition) is 2. The van der Waals surface area contributed by atoms with Gasteiger partial charge in [0.2, 0.25) is 11.8 Å². The number of hydrogen-bond acceptors (Lipinski definition) is 4. The van der Waals surface area contributed by atoms with Crippen molar-refractivity contribution in [2.75, 3.05) is 19.6 Å². The number of benzene rings is 1. The smallest absolute Gasteiger partial charge is 0.237 e. The lowest BCUT2D eigenvalue weighted by molar-refractivity contribution is -0.134. The Kier molecular flexibility index (Phi) is 6.79. The fraction of sp³-hybridized carbons (Fsp3) is 0.350. The Balaban J connectivity index is 1.51. The largest absolute Gasteiger partial charge is 0.356 e. The maximum absolute atomic E-state index is 12.3. The van der Waals surface area contributed by atoms with Crippen molar-refractivity contribution in [1.82, 2.24) is 20.5 Å². The van der Waals surface area contributed by atoms with Crippen LogP contribution in [0.25, 0.3) is 0 Å². The maximum atomic E-state index is 12.3. The monoisotopic (exact) mass is 386 g/mol. The van der Waals surface area contributed by atoms with E-state index < -0.39 is 6.04 Å². The summed E-state index contributed by atoms with van der Waals surface area (Å²) in [6.45, 7) is 2.43. The molecule has 0 spiro atoms. The van der Waals surface area contributed by atoms with Gasteiger partial charge in [-0.15, -0.1) is 0 Å². The minimum atomic E-state index is -0.463. The Morgan fingerprint density at radius 1 is 1.26 bits per heavy atom. The van der Waals surface area contributed by atoms with E-state index in [9.17, 15) is 9.59 Å². The predicted molar refractivity (Wildman–Crippen MR) is 104 cm³/mol. The van der Waals surface area contributed by atoms with E-state index in [0.29, 0.717) is 31.2 Å². The molecule has 1 aromatic heterocycles. The Bertz CT molecular complexity index is 767. The summed E-state index contributed by atoms with van der Waals surface area (Å²) in [4.78, 5) is 30.8. The van der Waals surface area contributed by atoms with Gasteiger partial charge >= 0.3 is 0 Å². The van der Waals surface area contributed by atoms with Crippen LogP contribution in [-0.2, 0) is 22.6 Å². The average molecular weight is 387 g/mol. The molecule has 142 valence electrons. The van der Waals surface area contributed by atoms with Gasteiger partial charge < -0.3 is 10.6 Å². The number of rotatable bonds is 7. The molecule has 1 aromatic carbocycles. The fourth-order valence-corrected chi connectivity index (χ4v) is 3.27. The van der Waals surface area contributed by atoms with Crippen LogP contribution in [0, 0.1) is 0 Å². The molecule has 0 radical (unpaired) electrons. The van der Waals surface area contributed by atoms with Crippen molar-refractivity contribution in [3.05, 3.63) is 64.9 Å². The van der Waals surface area contributed by atoms with Gasteiger partial charge in [-0.2, -0.15) is 0 Å². The van der Waals surface area contributed by atoms with Gasteiger partial charge in [0, 0.05) is 43.6 Å². The summed E-state index contributed by atoms with van der Waals surface area (Å²) in [5, 5.41) is 6.45. The molecule has 27 heavy (non-hydrogen) atoms. The molecule has 0 bridgehead atoms. The highest BCUT2D eigenvalue weighted by Gasteiger charge is 2.31. The first-order chi connectivity index (χ1) is 13.1. The summed E-state index contributed by atoms with van der Waals surface area (Å²) in [5.41, 5.74) is 2.13. The minimum absolute atomic E-state index is 0.0991. The molecule has 7 heteroatoms. The molecule has 1 aliphatic rings. The quantitative estimate of drug-likeness (QED) is 0.760. The van der Waals surface area contributed by atoms with Crippen LogP contribution in [0.2, 0.25) is 5.02 Å². The summed E-state index contributed by atoms with van der Waals surface area (Å²) < 4.78 is 0. The second kappa shape index (κ2) is 9.48. The molecular formula is C20H23ClN4O2. The summed E-state index contributed by atoms with van der Waals surface area (Å²) in [6, 6.07) is 10.9. The highest BCUT2D eigenvalue weighted by molar-refractivity contribution is 6.30. The van der Waals surface area contributed by atoms with Crippen molar-refractivity contribution < 1.29 is 9.59 Å². The molecule has 0 aliphatic carbocycles. The first kappa shape index (κ1) is 19.3. The van der Waals surface area contributed by atoms with Crippen molar-refractivity contribution in [1.29, 1.82) is 0 Å². The number of carbonyl (C=O) groups is 2. The lowest BCUT2D eigenvalue weighted by atomic mass is 10.1. The van der Waals surface area contributed by atoms with Crippen LogP contribution in [0.15, 0.2) is 48.8 Å². The van der Waals surface area contributed by atoms with Crippen molar-refractivity contribution >= 4 is 23.4 Å².